The quantitative estimate of drug-likeness (QED) is 0.460. The monoisotopic (exact) mass is 519 g/mol. The average Bonchev–Trinajstić information content (AvgIpc) is 3.38. The van der Waals surface area contributed by atoms with Crippen LogP contribution in [-0.2, 0) is 21.6 Å². The topological polar surface area (TPSA) is 76.1 Å². The first-order valence-corrected chi connectivity index (χ1v) is 11.7. The maximum Gasteiger partial charge on any atom is 0.264 e. The molecule has 1 N–H and O–H groups in total. The minimum Gasteiger partial charge on any atom is -0.454 e. The lowest BCUT2D eigenvalue weighted by molar-refractivity contribution is -0.140. The Morgan fingerprint density at radius 3 is 2.68 bits per heavy atom. The van der Waals surface area contributed by atoms with Gasteiger partial charge in [0.25, 0.3) is 5.91 Å². The molecule has 0 fully saturated rings. The van der Waals surface area contributed by atoms with Crippen LogP contribution in [0.4, 0.5) is 5.69 Å². The van der Waals surface area contributed by atoms with E-state index in [1.807, 2.05) is 42.5 Å². The van der Waals surface area contributed by atoms with Gasteiger partial charge in [-0.25, -0.2) is 0 Å². The first-order chi connectivity index (χ1) is 16.4. The maximum atomic E-state index is 13.4. The molecule has 7 heteroatoms. The van der Waals surface area contributed by atoms with Gasteiger partial charge in [-0.3, -0.25) is 9.59 Å². The molecule has 0 spiro atoms. The second-order valence-corrected chi connectivity index (χ2v) is 9.22. The van der Waals surface area contributed by atoms with Crippen LogP contribution >= 0.6 is 15.9 Å². The van der Waals surface area contributed by atoms with Crippen molar-refractivity contribution < 1.29 is 24.2 Å². The summed E-state index contributed by atoms with van der Waals surface area (Å²) in [5.74, 6) is 0.435. The number of hydrogen-bond acceptors (Lipinski definition) is 5. The molecule has 1 amide bonds. The van der Waals surface area contributed by atoms with E-state index in [4.69, 9.17) is 9.47 Å². The molecule has 6 nitrogen and oxygen atoms in total. The molecule has 1 unspecified atom stereocenters. The number of fused-ring (bicyclic) bond motifs is 2. The molecule has 0 radical (unpaired) electrons. The molecule has 0 saturated heterocycles. The molecule has 5 rings (SSSR count). The fraction of sp³-hybridized carbons (Fsp3) is 0.185. The molecular formula is C27H22BrNO5. The number of aliphatic hydroxyl groups is 1. The highest BCUT2D eigenvalue weighted by atomic mass is 79.9. The Labute approximate surface area is 205 Å². The summed E-state index contributed by atoms with van der Waals surface area (Å²) < 4.78 is 11.4. The number of anilines is 1. The Balaban J connectivity index is 1.36. The van der Waals surface area contributed by atoms with Gasteiger partial charge in [-0.1, -0.05) is 58.4 Å². The molecule has 172 valence electrons. The van der Waals surface area contributed by atoms with Crippen LogP contribution in [0.15, 0.2) is 77.3 Å². The zero-order chi connectivity index (χ0) is 23.7. The average molecular weight is 520 g/mol. The lowest BCUT2D eigenvalue weighted by atomic mass is 9.89. The third kappa shape index (κ3) is 4.24. The molecule has 0 saturated carbocycles. The summed E-state index contributed by atoms with van der Waals surface area (Å²) in [6.07, 6.45) is 3.31. The number of hydrogen-bond donors (Lipinski definition) is 1. The van der Waals surface area contributed by atoms with Crippen LogP contribution in [0.1, 0.15) is 23.1 Å². The van der Waals surface area contributed by atoms with Crippen molar-refractivity contribution in [3.8, 4) is 11.5 Å². The smallest absolute Gasteiger partial charge is 0.264 e. The Hall–Kier alpha value is -3.42. The number of ketones is 1. The van der Waals surface area contributed by atoms with E-state index in [1.54, 1.807) is 35.2 Å². The van der Waals surface area contributed by atoms with Crippen LogP contribution < -0.4 is 14.4 Å². The number of rotatable bonds is 7. The van der Waals surface area contributed by atoms with Crippen molar-refractivity contribution in [2.45, 2.75) is 18.4 Å². The lowest BCUT2D eigenvalue weighted by Gasteiger charge is -2.22. The van der Waals surface area contributed by atoms with Gasteiger partial charge in [0.2, 0.25) is 6.79 Å². The second kappa shape index (κ2) is 9.08. The maximum absolute atomic E-state index is 13.4. The highest BCUT2D eigenvalue weighted by molar-refractivity contribution is 9.10. The summed E-state index contributed by atoms with van der Waals surface area (Å²) in [7, 11) is 0. The van der Waals surface area contributed by atoms with Crippen LogP contribution in [-0.4, -0.2) is 30.1 Å². The van der Waals surface area contributed by atoms with Crippen molar-refractivity contribution in [2.24, 2.45) is 0 Å². The zero-order valence-corrected chi connectivity index (χ0v) is 19.8. The van der Waals surface area contributed by atoms with Gasteiger partial charge in [0.15, 0.2) is 22.9 Å². The van der Waals surface area contributed by atoms with E-state index in [9.17, 15) is 14.7 Å². The van der Waals surface area contributed by atoms with E-state index in [-0.39, 0.29) is 19.0 Å². The van der Waals surface area contributed by atoms with Gasteiger partial charge in [0.05, 0.1) is 12.1 Å². The van der Waals surface area contributed by atoms with Gasteiger partial charge >= 0.3 is 0 Å². The number of ether oxygens (including phenoxy) is 2. The van der Waals surface area contributed by atoms with Crippen molar-refractivity contribution in [2.75, 3.05) is 18.2 Å². The van der Waals surface area contributed by atoms with Gasteiger partial charge < -0.3 is 19.5 Å². The minimum absolute atomic E-state index is 0.173. The Morgan fingerprint density at radius 1 is 1.06 bits per heavy atom. The molecule has 0 aromatic heterocycles. The SMILES string of the molecule is O=C(C=Cc1ccc2c(c1)OCO2)CC1(O)C(=O)N(CCc2ccccc2)c2ccc(Br)cc21. The van der Waals surface area contributed by atoms with Crippen molar-refractivity contribution in [3.05, 3.63) is 94.0 Å². The Bertz CT molecular complexity index is 1290. The fourth-order valence-electron chi connectivity index (χ4n) is 4.32. The highest BCUT2D eigenvalue weighted by Crippen LogP contribution is 2.44. The number of carbonyl (C=O) groups excluding carboxylic acids is 2. The van der Waals surface area contributed by atoms with E-state index >= 15 is 0 Å². The zero-order valence-electron chi connectivity index (χ0n) is 18.2. The molecule has 1 atom stereocenters. The van der Waals surface area contributed by atoms with E-state index < -0.39 is 11.5 Å². The summed E-state index contributed by atoms with van der Waals surface area (Å²) in [5, 5.41) is 11.5. The van der Waals surface area contributed by atoms with Crippen molar-refractivity contribution in [1.82, 2.24) is 0 Å². The van der Waals surface area contributed by atoms with E-state index in [0.29, 0.717) is 35.7 Å². The number of amides is 1. The summed E-state index contributed by atoms with van der Waals surface area (Å²) in [4.78, 5) is 27.8. The van der Waals surface area contributed by atoms with Crippen LogP contribution in [0.3, 0.4) is 0 Å². The predicted molar refractivity (Wildman–Crippen MR) is 132 cm³/mol. The summed E-state index contributed by atoms with van der Waals surface area (Å²) in [6, 6.07) is 20.6. The van der Waals surface area contributed by atoms with Crippen molar-refractivity contribution in [3.63, 3.8) is 0 Å². The normalized spacial score (nSPS) is 18.5. The molecular weight excluding hydrogens is 498 g/mol. The Kier molecular flexibility index (Phi) is 5.98. The van der Waals surface area contributed by atoms with Gasteiger partial charge in [-0.15, -0.1) is 0 Å². The van der Waals surface area contributed by atoms with Crippen LogP contribution in [0.5, 0.6) is 11.5 Å². The third-order valence-electron chi connectivity index (χ3n) is 6.05. The molecule has 2 aliphatic rings. The number of benzene rings is 3. The van der Waals surface area contributed by atoms with E-state index in [2.05, 4.69) is 15.9 Å². The van der Waals surface area contributed by atoms with Crippen LogP contribution in [0.25, 0.3) is 6.08 Å². The Morgan fingerprint density at radius 2 is 1.85 bits per heavy atom. The number of halogens is 1. The largest absolute Gasteiger partial charge is 0.454 e. The summed E-state index contributed by atoms with van der Waals surface area (Å²) in [6.45, 7) is 0.577. The molecule has 3 aromatic rings. The molecule has 2 heterocycles. The van der Waals surface area contributed by atoms with Crippen LogP contribution in [0, 0.1) is 0 Å². The highest BCUT2D eigenvalue weighted by Gasteiger charge is 2.50. The number of nitrogens with zero attached hydrogens (tertiary/aromatic N) is 1. The summed E-state index contributed by atoms with van der Waals surface area (Å²) in [5.41, 5.74) is 0.984. The predicted octanol–water partition coefficient (Wildman–Crippen LogP) is 4.63. The second-order valence-electron chi connectivity index (χ2n) is 8.30. The number of carbonyl (C=O) groups is 2. The summed E-state index contributed by atoms with van der Waals surface area (Å²) >= 11 is 3.42. The van der Waals surface area contributed by atoms with Gasteiger partial charge in [0.1, 0.15) is 0 Å². The lowest BCUT2D eigenvalue weighted by Crippen LogP contribution is -2.42. The van der Waals surface area contributed by atoms with Gasteiger partial charge in [0, 0.05) is 16.6 Å². The molecule has 2 aliphatic heterocycles. The molecule has 3 aromatic carbocycles. The van der Waals surface area contributed by atoms with Gasteiger partial charge in [-0.2, -0.15) is 0 Å². The van der Waals surface area contributed by atoms with E-state index in [1.165, 1.54) is 6.08 Å². The molecule has 34 heavy (non-hydrogen) atoms. The van der Waals surface area contributed by atoms with Gasteiger partial charge in [-0.05, 0) is 54.0 Å². The fourth-order valence-corrected chi connectivity index (χ4v) is 4.68. The number of allylic oxidation sites excluding steroid dienone is 1. The van der Waals surface area contributed by atoms with Crippen molar-refractivity contribution in [1.29, 1.82) is 0 Å². The first kappa shape index (κ1) is 22.4. The third-order valence-corrected chi connectivity index (χ3v) is 6.54. The first-order valence-electron chi connectivity index (χ1n) is 10.9. The molecule has 0 bridgehead atoms. The standard InChI is InChI=1S/C27H22BrNO5/c28-20-8-10-23-22(15-20)27(32,26(31)29(23)13-12-18-4-2-1-3-5-18)16-21(30)9-6-19-7-11-24-25(14-19)34-17-33-24/h1-11,14-15,32H,12-13,16-17H2. The van der Waals surface area contributed by atoms with E-state index in [0.717, 1.165) is 15.6 Å². The van der Waals surface area contributed by atoms with Crippen molar-refractivity contribution >= 4 is 39.4 Å². The molecule has 0 aliphatic carbocycles. The minimum atomic E-state index is -1.92. The van der Waals surface area contributed by atoms with Crippen LogP contribution in [0.2, 0.25) is 0 Å².